The van der Waals surface area contributed by atoms with Crippen molar-refractivity contribution in [1.29, 1.82) is 5.26 Å². The standard InChI is InChI=1S/C19H18FN7O2/c1-12-10-13(20)2-3-16(12)27-5-4-15(25-27)19(28)22-17-14(11-21)18(24-23-17)26-6-8-29-9-7-26/h2-5,10H,6-9H2,1H3,(H2,22,23,24,28). The molecule has 10 heteroatoms. The molecule has 0 spiro atoms. The van der Waals surface area contributed by atoms with Gasteiger partial charge in [0, 0.05) is 19.3 Å². The maximum atomic E-state index is 13.3. The highest BCUT2D eigenvalue weighted by Crippen LogP contribution is 2.25. The number of aryl methyl sites for hydroxylation is 1. The van der Waals surface area contributed by atoms with Gasteiger partial charge in [-0.3, -0.25) is 9.89 Å². The van der Waals surface area contributed by atoms with E-state index in [2.05, 4.69) is 26.7 Å². The molecule has 0 saturated carbocycles. The summed E-state index contributed by atoms with van der Waals surface area (Å²) in [6.45, 7) is 4.11. The number of nitriles is 1. The highest BCUT2D eigenvalue weighted by Gasteiger charge is 2.23. The number of rotatable bonds is 4. The molecule has 1 aliphatic rings. The first-order chi connectivity index (χ1) is 14.1. The van der Waals surface area contributed by atoms with Crippen molar-refractivity contribution in [3.8, 4) is 11.8 Å². The summed E-state index contributed by atoms with van der Waals surface area (Å²) in [6.07, 6.45) is 1.62. The fourth-order valence-electron chi connectivity index (χ4n) is 3.17. The van der Waals surface area contributed by atoms with Crippen LogP contribution in [0.3, 0.4) is 0 Å². The molecule has 1 fully saturated rings. The van der Waals surface area contributed by atoms with Gasteiger partial charge in [0.15, 0.2) is 11.5 Å². The fraction of sp³-hybridized carbons (Fsp3) is 0.263. The molecule has 1 aliphatic heterocycles. The Morgan fingerprint density at radius 2 is 2.14 bits per heavy atom. The molecule has 3 aromatic rings. The van der Waals surface area contributed by atoms with Gasteiger partial charge < -0.3 is 15.0 Å². The van der Waals surface area contributed by atoms with E-state index in [1.807, 2.05) is 4.90 Å². The summed E-state index contributed by atoms with van der Waals surface area (Å²) in [5, 5.41) is 23.3. The smallest absolute Gasteiger partial charge is 0.277 e. The van der Waals surface area contributed by atoms with E-state index in [-0.39, 0.29) is 22.9 Å². The van der Waals surface area contributed by atoms with Gasteiger partial charge in [-0.15, -0.1) is 0 Å². The second kappa shape index (κ2) is 7.73. The van der Waals surface area contributed by atoms with E-state index in [9.17, 15) is 14.4 Å². The van der Waals surface area contributed by atoms with E-state index in [1.165, 1.54) is 16.8 Å². The van der Waals surface area contributed by atoms with E-state index in [0.29, 0.717) is 43.4 Å². The van der Waals surface area contributed by atoms with Crippen molar-refractivity contribution in [3.63, 3.8) is 0 Å². The molecule has 0 bridgehead atoms. The summed E-state index contributed by atoms with van der Waals surface area (Å²) in [6, 6.07) is 7.96. The zero-order chi connectivity index (χ0) is 20.4. The van der Waals surface area contributed by atoms with Crippen molar-refractivity contribution in [2.24, 2.45) is 0 Å². The molecule has 148 valence electrons. The molecule has 0 aliphatic carbocycles. The van der Waals surface area contributed by atoms with Crippen molar-refractivity contribution in [2.45, 2.75) is 6.92 Å². The van der Waals surface area contributed by atoms with Gasteiger partial charge in [0.2, 0.25) is 0 Å². The predicted octanol–water partition coefficient (Wildman–Crippen LogP) is 2.00. The van der Waals surface area contributed by atoms with Crippen LogP contribution >= 0.6 is 0 Å². The largest absolute Gasteiger partial charge is 0.378 e. The number of H-pyrrole nitrogens is 1. The SMILES string of the molecule is Cc1cc(F)ccc1-n1ccc(C(=O)Nc2[nH]nc(N3CCOCC3)c2C#N)n1. The predicted molar refractivity (Wildman–Crippen MR) is 103 cm³/mol. The molecule has 0 radical (unpaired) electrons. The number of ether oxygens (including phenoxy) is 1. The lowest BCUT2D eigenvalue weighted by molar-refractivity contribution is 0.102. The number of hydrogen-bond acceptors (Lipinski definition) is 6. The molecule has 29 heavy (non-hydrogen) atoms. The summed E-state index contributed by atoms with van der Waals surface area (Å²) in [7, 11) is 0. The van der Waals surface area contributed by atoms with Crippen molar-refractivity contribution in [3.05, 3.63) is 53.1 Å². The summed E-state index contributed by atoms with van der Waals surface area (Å²) in [4.78, 5) is 14.5. The van der Waals surface area contributed by atoms with Crippen LogP contribution in [-0.2, 0) is 4.74 Å². The van der Waals surface area contributed by atoms with E-state index < -0.39 is 5.91 Å². The maximum absolute atomic E-state index is 13.3. The van der Waals surface area contributed by atoms with Gasteiger partial charge in [-0.2, -0.15) is 15.5 Å². The highest BCUT2D eigenvalue weighted by atomic mass is 19.1. The second-order valence-electron chi connectivity index (χ2n) is 6.54. The first-order valence-corrected chi connectivity index (χ1v) is 9.01. The van der Waals surface area contributed by atoms with Gasteiger partial charge in [-0.05, 0) is 36.8 Å². The minimum atomic E-state index is -0.489. The van der Waals surface area contributed by atoms with Crippen molar-refractivity contribution in [2.75, 3.05) is 36.5 Å². The fourth-order valence-corrected chi connectivity index (χ4v) is 3.17. The summed E-state index contributed by atoms with van der Waals surface area (Å²) >= 11 is 0. The van der Waals surface area contributed by atoms with Gasteiger partial charge >= 0.3 is 0 Å². The van der Waals surface area contributed by atoms with Gasteiger partial charge in [-0.25, -0.2) is 9.07 Å². The van der Waals surface area contributed by atoms with Crippen LogP contribution in [0.1, 0.15) is 21.6 Å². The van der Waals surface area contributed by atoms with E-state index >= 15 is 0 Å². The molecule has 0 atom stereocenters. The third-order valence-electron chi connectivity index (χ3n) is 4.64. The van der Waals surface area contributed by atoms with E-state index in [1.54, 1.807) is 25.3 Å². The van der Waals surface area contributed by atoms with Crippen LogP contribution in [0.2, 0.25) is 0 Å². The monoisotopic (exact) mass is 395 g/mol. The molecule has 1 aromatic carbocycles. The minimum absolute atomic E-state index is 0.153. The zero-order valence-corrected chi connectivity index (χ0v) is 15.6. The number of carbonyl (C=O) groups excluding carboxylic acids is 1. The Morgan fingerprint density at radius 1 is 1.34 bits per heavy atom. The van der Waals surface area contributed by atoms with Crippen molar-refractivity contribution in [1.82, 2.24) is 20.0 Å². The highest BCUT2D eigenvalue weighted by molar-refractivity contribution is 6.03. The van der Waals surface area contributed by atoms with Crippen LogP contribution in [0.25, 0.3) is 5.69 Å². The zero-order valence-electron chi connectivity index (χ0n) is 15.6. The number of benzene rings is 1. The Hall–Kier alpha value is -3.71. The molecule has 4 rings (SSSR count). The van der Waals surface area contributed by atoms with Crippen LogP contribution < -0.4 is 10.2 Å². The molecule has 1 saturated heterocycles. The maximum Gasteiger partial charge on any atom is 0.277 e. The molecule has 9 nitrogen and oxygen atoms in total. The molecule has 0 unspecified atom stereocenters. The van der Waals surface area contributed by atoms with E-state index in [4.69, 9.17) is 4.74 Å². The molecule has 2 aromatic heterocycles. The lowest BCUT2D eigenvalue weighted by Crippen LogP contribution is -2.36. The Kier molecular flexibility index (Phi) is 4.97. The number of hydrogen-bond donors (Lipinski definition) is 2. The third-order valence-corrected chi connectivity index (χ3v) is 4.64. The van der Waals surface area contributed by atoms with Crippen LogP contribution in [0.15, 0.2) is 30.5 Å². The van der Waals surface area contributed by atoms with Crippen molar-refractivity contribution < 1.29 is 13.9 Å². The number of halogens is 1. The third kappa shape index (κ3) is 3.68. The number of anilines is 2. The van der Waals surface area contributed by atoms with Gasteiger partial charge in [0.25, 0.3) is 5.91 Å². The number of aromatic nitrogens is 4. The van der Waals surface area contributed by atoms with Gasteiger partial charge in [0.1, 0.15) is 23.3 Å². The quantitative estimate of drug-likeness (QED) is 0.699. The molecule has 2 N–H and O–H groups in total. The number of nitrogens with one attached hydrogen (secondary N) is 2. The first kappa shape index (κ1) is 18.6. The Morgan fingerprint density at radius 3 is 2.86 bits per heavy atom. The number of aromatic amines is 1. The number of morpholine rings is 1. The molecular formula is C19H18FN7O2. The number of nitrogens with zero attached hydrogens (tertiary/aromatic N) is 5. The molecule has 3 heterocycles. The Labute approximate surface area is 165 Å². The summed E-state index contributed by atoms with van der Waals surface area (Å²) in [5.74, 6) is -0.127. The Balaban J connectivity index is 1.54. The van der Waals surface area contributed by atoms with Crippen LogP contribution in [0, 0.1) is 24.1 Å². The van der Waals surface area contributed by atoms with Gasteiger partial charge in [-0.1, -0.05) is 0 Å². The van der Waals surface area contributed by atoms with Crippen LogP contribution in [0.5, 0.6) is 0 Å². The van der Waals surface area contributed by atoms with Crippen molar-refractivity contribution >= 4 is 17.5 Å². The number of amides is 1. The van der Waals surface area contributed by atoms with E-state index in [0.717, 1.165) is 0 Å². The van der Waals surface area contributed by atoms with Crippen LogP contribution in [0.4, 0.5) is 16.0 Å². The van der Waals surface area contributed by atoms with Gasteiger partial charge in [0.05, 0.1) is 18.9 Å². The minimum Gasteiger partial charge on any atom is -0.378 e. The summed E-state index contributed by atoms with van der Waals surface area (Å²) in [5.41, 5.74) is 1.77. The molecular weight excluding hydrogens is 377 g/mol. The average molecular weight is 395 g/mol. The lowest BCUT2D eigenvalue weighted by atomic mass is 10.2. The topological polar surface area (TPSA) is 112 Å². The summed E-state index contributed by atoms with van der Waals surface area (Å²) < 4.78 is 20.1. The average Bonchev–Trinajstić information content (AvgIpc) is 3.36. The Bertz CT molecular complexity index is 1090. The normalized spacial score (nSPS) is 13.9. The number of carbonyl (C=O) groups is 1. The van der Waals surface area contributed by atoms with Crippen LogP contribution in [-0.4, -0.2) is 52.2 Å². The molecule has 1 amide bonds. The second-order valence-corrected chi connectivity index (χ2v) is 6.54. The lowest BCUT2D eigenvalue weighted by Gasteiger charge is -2.26. The first-order valence-electron chi connectivity index (χ1n) is 9.01.